The summed E-state index contributed by atoms with van der Waals surface area (Å²) in [6.07, 6.45) is 4.91. The van der Waals surface area contributed by atoms with E-state index >= 15 is 0 Å². The average molecular weight is 232 g/mol. The number of hydrogen-bond acceptors (Lipinski definition) is 2. The van der Waals surface area contributed by atoms with Gasteiger partial charge in [0.1, 0.15) is 0 Å². The molecule has 1 fully saturated rings. The van der Waals surface area contributed by atoms with Crippen LogP contribution in [0.2, 0.25) is 0 Å². The number of carbonyl (C=O) groups excluding carboxylic acids is 1. The van der Waals surface area contributed by atoms with E-state index in [1.54, 1.807) is 0 Å². The molecule has 0 bridgehead atoms. The van der Waals surface area contributed by atoms with Crippen LogP contribution in [0.3, 0.4) is 0 Å². The van der Waals surface area contributed by atoms with Crippen molar-refractivity contribution in [3.05, 3.63) is 23.5 Å². The lowest BCUT2D eigenvalue weighted by atomic mass is 10.1. The molecule has 1 aromatic rings. The standard InChI is InChI=1S/C14H20N2O/c1-4-10-7-12(13(9(2)3)15-8-10)16-14(17)11-5-6-11/h7-9,11H,4-6H2,1-3H3,(H,16,17). The van der Waals surface area contributed by atoms with Crippen molar-refractivity contribution in [3.63, 3.8) is 0 Å². The smallest absolute Gasteiger partial charge is 0.227 e. The molecule has 1 N–H and O–H groups in total. The van der Waals surface area contributed by atoms with Crippen molar-refractivity contribution in [3.8, 4) is 0 Å². The Bertz CT molecular complexity index is 422. The third-order valence-corrected chi connectivity index (χ3v) is 3.14. The number of carbonyl (C=O) groups is 1. The molecule has 0 aromatic carbocycles. The number of aryl methyl sites for hydroxylation is 1. The molecule has 3 nitrogen and oxygen atoms in total. The van der Waals surface area contributed by atoms with Gasteiger partial charge in [-0.25, -0.2) is 0 Å². The van der Waals surface area contributed by atoms with E-state index in [9.17, 15) is 4.79 Å². The third-order valence-electron chi connectivity index (χ3n) is 3.14. The Morgan fingerprint density at radius 2 is 2.24 bits per heavy atom. The fourth-order valence-electron chi connectivity index (χ4n) is 1.85. The second-order valence-electron chi connectivity index (χ2n) is 5.05. The van der Waals surface area contributed by atoms with E-state index in [2.05, 4.69) is 37.1 Å². The number of hydrogen-bond donors (Lipinski definition) is 1. The predicted molar refractivity (Wildman–Crippen MR) is 69.1 cm³/mol. The molecule has 1 heterocycles. The van der Waals surface area contributed by atoms with Crippen LogP contribution in [0.4, 0.5) is 5.69 Å². The molecule has 0 saturated heterocycles. The number of aromatic nitrogens is 1. The molecule has 1 aliphatic carbocycles. The van der Waals surface area contributed by atoms with E-state index in [1.807, 2.05) is 6.20 Å². The lowest BCUT2D eigenvalue weighted by molar-refractivity contribution is -0.117. The van der Waals surface area contributed by atoms with Gasteiger partial charge in [0.25, 0.3) is 0 Å². The summed E-state index contributed by atoms with van der Waals surface area (Å²) in [6.45, 7) is 6.29. The molecule has 0 spiro atoms. The van der Waals surface area contributed by atoms with Gasteiger partial charge in [0.05, 0.1) is 11.4 Å². The maximum absolute atomic E-state index is 11.8. The van der Waals surface area contributed by atoms with Gasteiger partial charge >= 0.3 is 0 Å². The molecular weight excluding hydrogens is 212 g/mol. The molecule has 1 amide bonds. The van der Waals surface area contributed by atoms with E-state index in [0.717, 1.165) is 30.6 Å². The highest BCUT2D eigenvalue weighted by Crippen LogP contribution is 2.31. The van der Waals surface area contributed by atoms with Gasteiger partial charge in [0, 0.05) is 12.1 Å². The Labute approximate surface area is 103 Å². The maximum Gasteiger partial charge on any atom is 0.227 e. The minimum atomic E-state index is 0.155. The van der Waals surface area contributed by atoms with Crippen LogP contribution in [-0.4, -0.2) is 10.9 Å². The van der Waals surface area contributed by atoms with Crippen LogP contribution in [0.15, 0.2) is 12.3 Å². The van der Waals surface area contributed by atoms with Gasteiger partial charge in [-0.2, -0.15) is 0 Å². The molecule has 0 radical (unpaired) electrons. The molecule has 2 rings (SSSR count). The van der Waals surface area contributed by atoms with Crippen LogP contribution in [0.1, 0.15) is 50.8 Å². The van der Waals surface area contributed by atoms with Gasteiger partial charge in [-0.3, -0.25) is 9.78 Å². The van der Waals surface area contributed by atoms with Gasteiger partial charge < -0.3 is 5.32 Å². The minimum absolute atomic E-state index is 0.155. The Balaban J connectivity index is 2.24. The summed E-state index contributed by atoms with van der Waals surface area (Å²) in [7, 11) is 0. The van der Waals surface area contributed by atoms with E-state index < -0.39 is 0 Å². The van der Waals surface area contributed by atoms with Gasteiger partial charge in [-0.05, 0) is 36.8 Å². The number of nitrogens with one attached hydrogen (secondary N) is 1. The Morgan fingerprint density at radius 1 is 1.53 bits per heavy atom. The zero-order valence-corrected chi connectivity index (χ0v) is 10.8. The third kappa shape index (κ3) is 2.84. The number of anilines is 1. The summed E-state index contributed by atoms with van der Waals surface area (Å²) < 4.78 is 0. The fraction of sp³-hybridized carbons (Fsp3) is 0.571. The molecular formula is C14H20N2O. The largest absolute Gasteiger partial charge is 0.324 e. The zero-order chi connectivity index (χ0) is 12.4. The molecule has 1 aliphatic rings. The highest BCUT2D eigenvalue weighted by Gasteiger charge is 2.30. The topological polar surface area (TPSA) is 42.0 Å². The Morgan fingerprint density at radius 3 is 2.76 bits per heavy atom. The highest BCUT2D eigenvalue weighted by molar-refractivity contribution is 5.94. The normalized spacial score (nSPS) is 15.1. The summed E-state index contributed by atoms with van der Waals surface area (Å²) in [4.78, 5) is 16.3. The van der Waals surface area contributed by atoms with Crippen molar-refractivity contribution in [2.24, 2.45) is 5.92 Å². The molecule has 17 heavy (non-hydrogen) atoms. The fourth-order valence-corrected chi connectivity index (χ4v) is 1.85. The molecule has 92 valence electrons. The first kappa shape index (κ1) is 12.1. The van der Waals surface area contributed by atoms with Crippen molar-refractivity contribution in [2.45, 2.75) is 46.0 Å². The molecule has 1 aromatic heterocycles. The second kappa shape index (κ2) is 4.86. The van der Waals surface area contributed by atoms with Crippen molar-refractivity contribution in [2.75, 3.05) is 5.32 Å². The summed E-state index contributed by atoms with van der Waals surface area (Å²) in [5.74, 6) is 0.720. The first-order valence-corrected chi connectivity index (χ1v) is 6.41. The van der Waals surface area contributed by atoms with Crippen molar-refractivity contribution >= 4 is 11.6 Å². The lowest BCUT2D eigenvalue weighted by Gasteiger charge is -2.14. The molecule has 0 atom stereocenters. The van der Waals surface area contributed by atoms with Gasteiger partial charge in [0.2, 0.25) is 5.91 Å². The molecule has 0 unspecified atom stereocenters. The number of amides is 1. The zero-order valence-electron chi connectivity index (χ0n) is 10.8. The van der Waals surface area contributed by atoms with Crippen LogP contribution in [0, 0.1) is 5.92 Å². The lowest BCUT2D eigenvalue weighted by Crippen LogP contribution is -2.16. The SMILES string of the molecule is CCc1cnc(C(C)C)c(NC(=O)C2CC2)c1. The number of rotatable bonds is 4. The first-order valence-electron chi connectivity index (χ1n) is 6.41. The van der Waals surface area contributed by atoms with Crippen LogP contribution >= 0.6 is 0 Å². The predicted octanol–water partition coefficient (Wildman–Crippen LogP) is 3.12. The number of pyridine rings is 1. The second-order valence-corrected chi connectivity index (χ2v) is 5.05. The first-order chi connectivity index (χ1) is 8.11. The molecule has 1 saturated carbocycles. The number of nitrogens with zero attached hydrogens (tertiary/aromatic N) is 1. The van der Waals surface area contributed by atoms with Crippen LogP contribution in [0.25, 0.3) is 0 Å². The average Bonchev–Trinajstić information content (AvgIpc) is 3.12. The van der Waals surface area contributed by atoms with Crippen LogP contribution in [-0.2, 0) is 11.2 Å². The van der Waals surface area contributed by atoms with E-state index in [1.165, 1.54) is 5.56 Å². The molecule has 0 aliphatic heterocycles. The van der Waals surface area contributed by atoms with Gasteiger partial charge in [-0.15, -0.1) is 0 Å². The minimum Gasteiger partial charge on any atom is -0.324 e. The Hall–Kier alpha value is -1.38. The Kier molecular flexibility index (Phi) is 3.46. The van der Waals surface area contributed by atoms with Crippen molar-refractivity contribution in [1.82, 2.24) is 4.98 Å². The summed E-state index contributed by atoms with van der Waals surface area (Å²) in [5, 5.41) is 3.03. The van der Waals surface area contributed by atoms with Gasteiger partial charge in [-0.1, -0.05) is 20.8 Å². The summed E-state index contributed by atoms with van der Waals surface area (Å²) >= 11 is 0. The van der Waals surface area contributed by atoms with Crippen molar-refractivity contribution in [1.29, 1.82) is 0 Å². The van der Waals surface area contributed by atoms with Crippen molar-refractivity contribution < 1.29 is 4.79 Å². The van der Waals surface area contributed by atoms with Crippen LogP contribution < -0.4 is 5.32 Å². The quantitative estimate of drug-likeness (QED) is 0.866. The van der Waals surface area contributed by atoms with E-state index in [4.69, 9.17) is 0 Å². The monoisotopic (exact) mass is 232 g/mol. The van der Waals surface area contributed by atoms with Gasteiger partial charge in [0.15, 0.2) is 0 Å². The molecule has 3 heteroatoms. The van der Waals surface area contributed by atoms with E-state index in [0.29, 0.717) is 5.92 Å². The van der Waals surface area contributed by atoms with E-state index in [-0.39, 0.29) is 11.8 Å². The van der Waals surface area contributed by atoms with Crippen LogP contribution in [0.5, 0.6) is 0 Å². The summed E-state index contributed by atoms with van der Waals surface area (Å²) in [6, 6.07) is 2.06. The highest BCUT2D eigenvalue weighted by atomic mass is 16.2. The maximum atomic E-state index is 11.8. The summed E-state index contributed by atoms with van der Waals surface area (Å²) in [5.41, 5.74) is 3.05.